The number of hydrogen-bond acceptors (Lipinski definition) is 5. The summed E-state index contributed by atoms with van der Waals surface area (Å²) in [5.41, 5.74) is 3.07. The topological polar surface area (TPSA) is 68.5 Å². The normalized spacial score (nSPS) is 10.4. The number of furan rings is 1. The van der Waals surface area contributed by atoms with E-state index in [2.05, 4.69) is 5.32 Å². The maximum absolute atomic E-state index is 12.2. The third-order valence-electron chi connectivity index (χ3n) is 3.52. The summed E-state index contributed by atoms with van der Waals surface area (Å²) in [4.78, 5) is 24.4. The van der Waals surface area contributed by atoms with E-state index in [9.17, 15) is 9.59 Å². The van der Waals surface area contributed by atoms with Crippen molar-refractivity contribution in [1.29, 1.82) is 0 Å². The van der Waals surface area contributed by atoms with Gasteiger partial charge in [-0.1, -0.05) is 29.8 Å². The summed E-state index contributed by atoms with van der Waals surface area (Å²) in [5, 5.41) is 4.97. The summed E-state index contributed by atoms with van der Waals surface area (Å²) in [7, 11) is 1.32. The van der Waals surface area contributed by atoms with E-state index in [1.807, 2.05) is 36.6 Å². The number of benzene rings is 1. The zero-order chi connectivity index (χ0) is 17.1. The summed E-state index contributed by atoms with van der Waals surface area (Å²) >= 11 is 1.27. The van der Waals surface area contributed by atoms with Gasteiger partial charge in [0.1, 0.15) is 10.6 Å². The predicted octanol–water partition coefficient (Wildman–Crippen LogP) is 4.36. The molecule has 6 heteroatoms. The molecule has 122 valence electrons. The van der Waals surface area contributed by atoms with Crippen molar-refractivity contribution in [3.05, 3.63) is 64.9 Å². The summed E-state index contributed by atoms with van der Waals surface area (Å²) in [5.74, 6) is -0.736. The Morgan fingerprint density at radius 2 is 1.92 bits per heavy atom. The molecule has 0 saturated heterocycles. The van der Waals surface area contributed by atoms with Gasteiger partial charge in [-0.2, -0.15) is 0 Å². The molecule has 0 saturated carbocycles. The van der Waals surface area contributed by atoms with Gasteiger partial charge in [-0.05, 0) is 24.6 Å². The number of esters is 1. The number of thiophene rings is 1. The van der Waals surface area contributed by atoms with Gasteiger partial charge in [-0.3, -0.25) is 4.79 Å². The van der Waals surface area contributed by atoms with Gasteiger partial charge in [0.05, 0.1) is 13.4 Å². The first kappa shape index (κ1) is 16.0. The molecule has 0 atom stereocenters. The van der Waals surface area contributed by atoms with Crippen LogP contribution in [0.4, 0.5) is 5.00 Å². The van der Waals surface area contributed by atoms with Gasteiger partial charge in [0.25, 0.3) is 5.91 Å². The number of nitrogens with one attached hydrogen (secondary N) is 1. The number of carbonyl (C=O) groups excluding carboxylic acids is 2. The van der Waals surface area contributed by atoms with E-state index < -0.39 is 11.9 Å². The van der Waals surface area contributed by atoms with Crippen molar-refractivity contribution in [3.8, 4) is 11.1 Å². The number of amides is 1. The highest BCUT2D eigenvalue weighted by molar-refractivity contribution is 7.15. The van der Waals surface area contributed by atoms with Gasteiger partial charge in [-0.15, -0.1) is 11.3 Å². The summed E-state index contributed by atoms with van der Waals surface area (Å²) < 4.78 is 9.96. The fourth-order valence-corrected chi connectivity index (χ4v) is 3.23. The number of aryl methyl sites for hydroxylation is 1. The van der Waals surface area contributed by atoms with Crippen LogP contribution in [0, 0.1) is 6.92 Å². The molecule has 5 nitrogen and oxygen atoms in total. The van der Waals surface area contributed by atoms with E-state index in [1.165, 1.54) is 24.7 Å². The quantitative estimate of drug-likeness (QED) is 0.716. The van der Waals surface area contributed by atoms with E-state index in [1.54, 1.807) is 12.1 Å². The molecule has 2 heterocycles. The third kappa shape index (κ3) is 3.09. The Labute approximate surface area is 142 Å². The highest BCUT2D eigenvalue weighted by Crippen LogP contribution is 2.36. The van der Waals surface area contributed by atoms with Crippen LogP contribution in [-0.2, 0) is 4.74 Å². The Morgan fingerprint density at radius 3 is 2.54 bits per heavy atom. The highest BCUT2D eigenvalue weighted by atomic mass is 32.1. The number of rotatable bonds is 4. The smallest absolute Gasteiger partial charge is 0.341 e. The molecule has 1 amide bonds. The standard InChI is InChI=1S/C18H15NO4S/c1-11-5-7-12(8-6-11)13-10-24-17(15(13)18(21)22-2)19-16(20)14-4-3-9-23-14/h3-10H,1-2H3,(H,19,20). The number of ether oxygens (including phenoxy) is 1. The first-order valence-corrected chi connectivity index (χ1v) is 8.10. The zero-order valence-corrected chi connectivity index (χ0v) is 14.0. The molecule has 0 bridgehead atoms. The monoisotopic (exact) mass is 341 g/mol. The van der Waals surface area contributed by atoms with E-state index in [0.29, 0.717) is 10.6 Å². The van der Waals surface area contributed by atoms with Crippen LogP contribution < -0.4 is 5.32 Å². The average Bonchev–Trinajstić information content (AvgIpc) is 3.24. The Balaban J connectivity index is 1.99. The molecule has 0 aliphatic rings. The molecule has 0 aliphatic carbocycles. The summed E-state index contributed by atoms with van der Waals surface area (Å²) in [6.45, 7) is 1.99. The lowest BCUT2D eigenvalue weighted by molar-refractivity contribution is 0.0603. The molecular formula is C18H15NO4S. The van der Waals surface area contributed by atoms with Crippen LogP contribution in [-0.4, -0.2) is 19.0 Å². The van der Waals surface area contributed by atoms with E-state index in [-0.39, 0.29) is 5.76 Å². The van der Waals surface area contributed by atoms with Crippen molar-refractivity contribution in [1.82, 2.24) is 0 Å². The molecule has 3 rings (SSSR count). The van der Waals surface area contributed by atoms with Crippen molar-refractivity contribution in [2.45, 2.75) is 6.92 Å². The molecule has 0 radical (unpaired) electrons. The molecule has 0 fully saturated rings. The molecule has 1 aromatic carbocycles. The van der Waals surface area contributed by atoms with Crippen molar-refractivity contribution in [2.75, 3.05) is 12.4 Å². The van der Waals surface area contributed by atoms with Crippen molar-refractivity contribution >= 4 is 28.2 Å². The van der Waals surface area contributed by atoms with Crippen LogP contribution in [0.2, 0.25) is 0 Å². The Kier molecular flexibility index (Phi) is 4.48. The lowest BCUT2D eigenvalue weighted by Crippen LogP contribution is -2.13. The van der Waals surface area contributed by atoms with Crippen molar-refractivity contribution in [2.24, 2.45) is 0 Å². The number of hydrogen-bond donors (Lipinski definition) is 1. The minimum absolute atomic E-state index is 0.177. The van der Waals surface area contributed by atoms with Crippen LogP contribution in [0.15, 0.2) is 52.5 Å². The Bertz CT molecular complexity index is 863. The lowest BCUT2D eigenvalue weighted by Gasteiger charge is -2.07. The minimum Gasteiger partial charge on any atom is -0.465 e. The van der Waals surface area contributed by atoms with Crippen LogP contribution >= 0.6 is 11.3 Å². The largest absolute Gasteiger partial charge is 0.465 e. The van der Waals surface area contributed by atoms with E-state index in [0.717, 1.165) is 16.7 Å². The van der Waals surface area contributed by atoms with E-state index in [4.69, 9.17) is 9.15 Å². The minimum atomic E-state index is -0.499. The van der Waals surface area contributed by atoms with Crippen molar-refractivity contribution in [3.63, 3.8) is 0 Å². The van der Waals surface area contributed by atoms with Crippen molar-refractivity contribution < 1.29 is 18.7 Å². The van der Waals surface area contributed by atoms with Crippen LogP contribution in [0.25, 0.3) is 11.1 Å². The van der Waals surface area contributed by atoms with Crippen LogP contribution in [0.5, 0.6) is 0 Å². The number of carbonyl (C=O) groups is 2. The van der Waals surface area contributed by atoms with Gasteiger partial charge in [0.2, 0.25) is 0 Å². The maximum atomic E-state index is 12.2. The van der Waals surface area contributed by atoms with Gasteiger partial charge < -0.3 is 14.5 Å². The second-order valence-electron chi connectivity index (χ2n) is 5.14. The molecule has 2 aromatic heterocycles. The predicted molar refractivity (Wildman–Crippen MR) is 92.5 cm³/mol. The van der Waals surface area contributed by atoms with Gasteiger partial charge >= 0.3 is 5.97 Å². The summed E-state index contributed by atoms with van der Waals surface area (Å²) in [6, 6.07) is 11.0. The molecular weight excluding hydrogens is 326 g/mol. The fourth-order valence-electron chi connectivity index (χ4n) is 2.27. The Hall–Kier alpha value is -2.86. The average molecular weight is 341 g/mol. The second kappa shape index (κ2) is 6.72. The van der Waals surface area contributed by atoms with Gasteiger partial charge in [0.15, 0.2) is 5.76 Å². The van der Waals surface area contributed by atoms with Gasteiger partial charge in [0, 0.05) is 10.9 Å². The van der Waals surface area contributed by atoms with E-state index >= 15 is 0 Å². The second-order valence-corrected chi connectivity index (χ2v) is 6.02. The summed E-state index contributed by atoms with van der Waals surface area (Å²) in [6.07, 6.45) is 1.42. The Morgan fingerprint density at radius 1 is 1.17 bits per heavy atom. The first-order valence-electron chi connectivity index (χ1n) is 7.22. The van der Waals surface area contributed by atoms with Crippen LogP contribution in [0.1, 0.15) is 26.5 Å². The molecule has 24 heavy (non-hydrogen) atoms. The molecule has 1 N–H and O–H groups in total. The molecule has 0 spiro atoms. The number of methoxy groups -OCH3 is 1. The first-order chi connectivity index (χ1) is 11.6. The van der Waals surface area contributed by atoms with Gasteiger partial charge in [-0.25, -0.2) is 4.79 Å². The molecule has 3 aromatic rings. The SMILES string of the molecule is COC(=O)c1c(-c2ccc(C)cc2)csc1NC(=O)c1ccco1. The molecule has 0 aliphatic heterocycles. The van der Waals surface area contributed by atoms with Crippen LogP contribution in [0.3, 0.4) is 0 Å². The fraction of sp³-hybridized carbons (Fsp3) is 0.111. The highest BCUT2D eigenvalue weighted by Gasteiger charge is 2.23. The molecule has 0 unspecified atom stereocenters. The number of anilines is 1. The lowest BCUT2D eigenvalue weighted by atomic mass is 10.0. The maximum Gasteiger partial charge on any atom is 0.341 e. The third-order valence-corrected chi connectivity index (χ3v) is 4.41. The zero-order valence-electron chi connectivity index (χ0n) is 13.2.